The van der Waals surface area contributed by atoms with Crippen LogP contribution in [0.2, 0.25) is 0 Å². The molecule has 1 aromatic rings. The topological polar surface area (TPSA) is 92.7 Å². The van der Waals surface area contributed by atoms with Gasteiger partial charge in [0.25, 0.3) is 5.97 Å². The van der Waals surface area contributed by atoms with E-state index in [1.54, 1.807) is 14.2 Å². The molecule has 4 heterocycles. The van der Waals surface area contributed by atoms with Crippen molar-refractivity contribution < 1.29 is 38.3 Å². The summed E-state index contributed by atoms with van der Waals surface area (Å²) in [7, 11) is 3.17. The molecule has 0 aromatic heterocycles. The first-order valence-electron chi connectivity index (χ1n) is 12.1. The zero-order valence-electron chi connectivity index (χ0n) is 21.0. The van der Waals surface area contributed by atoms with Gasteiger partial charge in [-0.25, -0.2) is 4.79 Å². The van der Waals surface area contributed by atoms with E-state index in [9.17, 15) is 9.90 Å². The van der Waals surface area contributed by atoms with Gasteiger partial charge in [-0.05, 0) is 46.1 Å². The minimum Gasteiger partial charge on any atom is -0.495 e. The van der Waals surface area contributed by atoms with Gasteiger partial charge < -0.3 is 33.5 Å². The number of aliphatic hydroxyl groups is 1. The second-order valence-electron chi connectivity index (χ2n) is 11.5. The zero-order chi connectivity index (χ0) is 24.5. The first-order valence-corrected chi connectivity index (χ1v) is 12.1. The SMILES string of the molecule is COc1c2c(c(C)c3c1C(=O)OC3)O[C@]1(C)C[C@H](O)[C@@]34O[C@@](OC)(CC[C@@]3(C)[C@@H]1C2)OC4(C)C. The lowest BCUT2D eigenvalue weighted by molar-refractivity contribution is -0.392. The second-order valence-corrected chi connectivity index (χ2v) is 11.5. The lowest BCUT2D eigenvalue weighted by Gasteiger charge is -2.66. The van der Waals surface area contributed by atoms with Crippen LogP contribution in [0.1, 0.15) is 74.0 Å². The van der Waals surface area contributed by atoms with Crippen molar-refractivity contribution in [2.75, 3.05) is 14.2 Å². The van der Waals surface area contributed by atoms with Crippen LogP contribution in [0.5, 0.6) is 11.5 Å². The fraction of sp³-hybridized carbons (Fsp3) is 0.731. The number of rotatable bonds is 2. The summed E-state index contributed by atoms with van der Waals surface area (Å²) < 4.78 is 36.8. The summed E-state index contributed by atoms with van der Waals surface area (Å²) in [5.74, 6) is -0.276. The first kappa shape index (κ1) is 22.6. The van der Waals surface area contributed by atoms with Crippen molar-refractivity contribution in [3.05, 3.63) is 22.3 Å². The van der Waals surface area contributed by atoms with E-state index in [0.717, 1.165) is 28.9 Å². The predicted molar refractivity (Wildman–Crippen MR) is 120 cm³/mol. The van der Waals surface area contributed by atoms with Crippen molar-refractivity contribution in [3.8, 4) is 11.5 Å². The van der Waals surface area contributed by atoms with Gasteiger partial charge in [-0.3, -0.25) is 0 Å². The number of hydrogen-bond donors (Lipinski definition) is 1. The highest BCUT2D eigenvalue weighted by Crippen LogP contribution is 2.70. The molecular weight excluding hydrogens is 440 g/mol. The maximum Gasteiger partial charge on any atom is 0.342 e. The molecule has 8 heteroatoms. The Morgan fingerprint density at radius 2 is 1.79 bits per heavy atom. The van der Waals surface area contributed by atoms with Crippen molar-refractivity contribution in [2.24, 2.45) is 11.3 Å². The van der Waals surface area contributed by atoms with Gasteiger partial charge in [0.2, 0.25) is 0 Å². The fourth-order valence-electron chi connectivity index (χ4n) is 8.26. The number of cyclic esters (lactones) is 1. The van der Waals surface area contributed by atoms with Gasteiger partial charge in [0.05, 0.1) is 13.2 Å². The maximum atomic E-state index is 12.6. The molecule has 0 amide bonds. The van der Waals surface area contributed by atoms with E-state index >= 15 is 0 Å². The van der Waals surface area contributed by atoms with Gasteiger partial charge in [0.1, 0.15) is 40.5 Å². The van der Waals surface area contributed by atoms with E-state index in [1.807, 2.05) is 20.8 Å². The molecule has 8 nitrogen and oxygen atoms in total. The van der Waals surface area contributed by atoms with Gasteiger partial charge in [-0.15, -0.1) is 0 Å². The predicted octanol–water partition coefficient (Wildman–Crippen LogP) is 3.41. The lowest BCUT2D eigenvalue weighted by Crippen LogP contribution is -2.77. The van der Waals surface area contributed by atoms with Crippen molar-refractivity contribution in [3.63, 3.8) is 0 Å². The van der Waals surface area contributed by atoms with Crippen LogP contribution < -0.4 is 9.47 Å². The molecule has 34 heavy (non-hydrogen) atoms. The number of methoxy groups -OCH3 is 2. The summed E-state index contributed by atoms with van der Waals surface area (Å²) in [6.45, 7) is 10.4. The van der Waals surface area contributed by atoms with Gasteiger partial charge in [-0.1, -0.05) is 6.92 Å². The molecule has 6 atom stereocenters. The number of hydrogen-bond acceptors (Lipinski definition) is 8. The molecule has 186 valence electrons. The number of fused-ring (bicyclic) bond motifs is 5. The molecule has 1 saturated carbocycles. The van der Waals surface area contributed by atoms with Crippen molar-refractivity contribution >= 4 is 5.97 Å². The second kappa shape index (κ2) is 6.46. The quantitative estimate of drug-likeness (QED) is 0.652. The molecule has 1 N–H and O–H groups in total. The number of benzene rings is 1. The summed E-state index contributed by atoms with van der Waals surface area (Å²) in [6, 6.07) is 0. The molecular formula is C26H34O8. The molecule has 5 aliphatic rings. The number of ether oxygens (including phenoxy) is 6. The Labute approximate surface area is 199 Å². The van der Waals surface area contributed by atoms with Crippen LogP contribution in [-0.4, -0.2) is 54.2 Å². The van der Waals surface area contributed by atoms with Gasteiger partial charge in [-0.2, -0.15) is 0 Å². The number of carbonyl (C=O) groups excluding carboxylic acids is 1. The van der Waals surface area contributed by atoms with Crippen LogP contribution in [-0.2, 0) is 32.0 Å². The Bertz CT molecular complexity index is 1110. The Morgan fingerprint density at radius 1 is 1.06 bits per heavy atom. The summed E-state index contributed by atoms with van der Waals surface area (Å²) in [5, 5.41) is 11.8. The average Bonchev–Trinajstić information content (AvgIpc) is 3.25. The number of carbonyl (C=O) groups is 1. The van der Waals surface area contributed by atoms with Crippen LogP contribution in [0.4, 0.5) is 0 Å². The van der Waals surface area contributed by atoms with Crippen LogP contribution in [0.15, 0.2) is 0 Å². The normalized spacial score (nSPS) is 43.2. The molecule has 6 rings (SSSR count). The zero-order valence-corrected chi connectivity index (χ0v) is 21.0. The highest BCUT2D eigenvalue weighted by molar-refractivity contribution is 5.98. The van der Waals surface area contributed by atoms with Gasteiger partial charge in [0.15, 0.2) is 0 Å². The third kappa shape index (κ3) is 2.31. The Balaban J connectivity index is 1.55. The first-order chi connectivity index (χ1) is 15.9. The number of esters is 1. The molecule has 0 unspecified atom stereocenters. The van der Waals surface area contributed by atoms with Crippen molar-refractivity contribution in [1.29, 1.82) is 0 Å². The minimum atomic E-state index is -1.16. The van der Waals surface area contributed by atoms with E-state index in [0.29, 0.717) is 30.6 Å². The lowest BCUT2D eigenvalue weighted by atomic mass is 9.46. The molecule has 0 radical (unpaired) electrons. The maximum absolute atomic E-state index is 12.6. The Kier molecular flexibility index (Phi) is 4.29. The van der Waals surface area contributed by atoms with E-state index in [-0.39, 0.29) is 18.5 Å². The molecule has 1 aromatic carbocycles. The minimum absolute atomic E-state index is 0.0319. The van der Waals surface area contributed by atoms with Gasteiger partial charge >= 0.3 is 5.97 Å². The molecule has 2 bridgehead atoms. The van der Waals surface area contributed by atoms with Crippen LogP contribution in [0.3, 0.4) is 0 Å². The van der Waals surface area contributed by atoms with Crippen LogP contribution in [0, 0.1) is 18.3 Å². The highest BCUT2D eigenvalue weighted by atomic mass is 16.9. The van der Waals surface area contributed by atoms with Crippen LogP contribution in [0.25, 0.3) is 0 Å². The average molecular weight is 475 g/mol. The fourth-order valence-corrected chi connectivity index (χ4v) is 8.26. The Morgan fingerprint density at radius 3 is 2.47 bits per heavy atom. The van der Waals surface area contributed by atoms with E-state index < -0.39 is 34.3 Å². The van der Waals surface area contributed by atoms with E-state index in [4.69, 9.17) is 28.4 Å². The smallest absolute Gasteiger partial charge is 0.342 e. The van der Waals surface area contributed by atoms with Gasteiger partial charge in [0, 0.05) is 42.4 Å². The summed E-state index contributed by atoms with van der Waals surface area (Å²) in [5.41, 5.74) is 0.176. The molecule has 2 saturated heterocycles. The largest absolute Gasteiger partial charge is 0.495 e. The summed E-state index contributed by atoms with van der Waals surface area (Å²) >= 11 is 0. The Hall–Kier alpha value is -1.87. The van der Waals surface area contributed by atoms with Crippen molar-refractivity contribution in [2.45, 2.75) is 95.8 Å². The molecule has 3 fully saturated rings. The monoisotopic (exact) mass is 474 g/mol. The van der Waals surface area contributed by atoms with Crippen molar-refractivity contribution in [1.82, 2.24) is 0 Å². The third-order valence-electron chi connectivity index (χ3n) is 9.68. The molecule has 4 aliphatic heterocycles. The number of aliphatic hydroxyl groups excluding tert-OH is 1. The summed E-state index contributed by atoms with van der Waals surface area (Å²) in [4.78, 5) is 12.6. The standard InChI is InChI=1S/C26H34O8/c1-13-15-12-31-21(28)18(15)20(29-6)14-10-16-23(4)8-9-25(30-7)33-22(2,3)26(23,34-25)17(27)11-24(16,5)32-19(13)14/h16-17,27H,8-12H2,1-7H3/t16-,17-,23-,24+,25+,26-/m0/s1. The van der Waals surface area contributed by atoms with E-state index in [2.05, 4.69) is 13.8 Å². The van der Waals surface area contributed by atoms with E-state index in [1.165, 1.54) is 0 Å². The molecule has 1 spiro atoms. The third-order valence-corrected chi connectivity index (χ3v) is 9.68. The molecule has 1 aliphatic carbocycles. The summed E-state index contributed by atoms with van der Waals surface area (Å²) in [6.07, 6.45) is 1.46. The van der Waals surface area contributed by atoms with Crippen LogP contribution >= 0.6 is 0 Å². The highest BCUT2D eigenvalue weighted by Gasteiger charge is 2.80.